The second-order valence-electron chi connectivity index (χ2n) is 6.00. The lowest BCUT2D eigenvalue weighted by Gasteiger charge is -2.22. The smallest absolute Gasteiger partial charge is 0.0440 e. The van der Waals surface area contributed by atoms with Gasteiger partial charge in [0.2, 0.25) is 0 Å². The maximum atomic E-state index is 6.42. The summed E-state index contributed by atoms with van der Waals surface area (Å²) in [4.78, 5) is 0. The number of hydrogen-bond acceptors (Lipinski definition) is 1. The summed E-state index contributed by atoms with van der Waals surface area (Å²) in [6, 6.07) is 15.7. The number of fused-ring (bicyclic) bond motifs is 1. The van der Waals surface area contributed by atoms with E-state index >= 15 is 0 Å². The molecule has 2 heteroatoms. The number of hydrogen-bond donors (Lipinski definition) is 1. The van der Waals surface area contributed by atoms with E-state index in [0.29, 0.717) is 12.0 Å². The minimum absolute atomic E-state index is 0.448. The number of aryl methyl sites for hydroxylation is 1. The molecule has 0 bridgehead atoms. The van der Waals surface area contributed by atoms with E-state index in [2.05, 4.69) is 61.6 Å². The molecule has 0 saturated heterocycles. The Hall–Kier alpha value is -1.31. The van der Waals surface area contributed by atoms with E-state index < -0.39 is 0 Å². The molecule has 1 aliphatic rings. The Labute approximate surface area is 132 Å². The summed E-state index contributed by atoms with van der Waals surface area (Å²) in [7, 11) is 0. The van der Waals surface area contributed by atoms with Crippen molar-refractivity contribution in [3.63, 3.8) is 0 Å². The number of benzene rings is 2. The molecule has 21 heavy (non-hydrogen) atoms. The van der Waals surface area contributed by atoms with Gasteiger partial charge in [-0.15, -0.1) is 0 Å². The Morgan fingerprint density at radius 1 is 1.19 bits per heavy atom. The molecule has 1 aliphatic carbocycles. The maximum absolute atomic E-state index is 6.42. The fourth-order valence-corrected chi connectivity index (χ4v) is 3.78. The Kier molecular flexibility index (Phi) is 4.32. The van der Waals surface area contributed by atoms with E-state index in [0.717, 1.165) is 24.4 Å². The average molecular weight is 300 g/mol. The van der Waals surface area contributed by atoms with Crippen LogP contribution in [0.25, 0.3) is 0 Å². The SMILES string of the molecule is CCNC1c2ccccc2CC1Cc1ccc(C)cc1Cl. The molecule has 1 N–H and O–H groups in total. The van der Waals surface area contributed by atoms with Gasteiger partial charge in [-0.3, -0.25) is 0 Å². The third-order valence-corrected chi connectivity index (χ3v) is 4.81. The molecule has 1 nitrogen and oxygen atoms in total. The van der Waals surface area contributed by atoms with Crippen molar-refractivity contribution in [2.75, 3.05) is 6.54 Å². The normalized spacial score (nSPS) is 20.5. The fraction of sp³-hybridized carbons (Fsp3) is 0.368. The number of rotatable bonds is 4. The van der Waals surface area contributed by atoms with Crippen LogP contribution in [0.1, 0.15) is 35.2 Å². The predicted molar refractivity (Wildman–Crippen MR) is 89.9 cm³/mol. The van der Waals surface area contributed by atoms with E-state index in [4.69, 9.17) is 11.6 Å². The van der Waals surface area contributed by atoms with Gasteiger partial charge in [-0.05, 0) is 60.5 Å². The summed E-state index contributed by atoms with van der Waals surface area (Å²) in [5, 5.41) is 4.56. The second kappa shape index (κ2) is 6.21. The van der Waals surface area contributed by atoms with Crippen molar-refractivity contribution in [1.29, 1.82) is 0 Å². The Morgan fingerprint density at radius 3 is 2.76 bits per heavy atom. The summed E-state index contributed by atoms with van der Waals surface area (Å²) < 4.78 is 0. The van der Waals surface area contributed by atoms with Crippen LogP contribution in [0, 0.1) is 12.8 Å². The van der Waals surface area contributed by atoms with Crippen molar-refractivity contribution < 1.29 is 0 Å². The third kappa shape index (κ3) is 3.00. The van der Waals surface area contributed by atoms with Gasteiger partial charge in [0.25, 0.3) is 0 Å². The van der Waals surface area contributed by atoms with E-state index in [1.165, 1.54) is 22.3 Å². The summed E-state index contributed by atoms with van der Waals surface area (Å²) in [6.07, 6.45) is 2.17. The van der Waals surface area contributed by atoms with Crippen molar-refractivity contribution in [3.05, 3.63) is 69.7 Å². The van der Waals surface area contributed by atoms with Crippen LogP contribution in [0.4, 0.5) is 0 Å². The van der Waals surface area contributed by atoms with Crippen molar-refractivity contribution in [1.82, 2.24) is 5.32 Å². The highest BCUT2D eigenvalue weighted by atomic mass is 35.5. The van der Waals surface area contributed by atoms with E-state index in [9.17, 15) is 0 Å². The Morgan fingerprint density at radius 2 is 2.00 bits per heavy atom. The van der Waals surface area contributed by atoms with Gasteiger partial charge in [0.1, 0.15) is 0 Å². The predicted octanol–water partition coefficient (Wildman–Crippen LogP) is 4.71. The topological polar surface area (TPSA) is 12.0 Å². The standard InChI is InChI=1S/C19H22ClN/c1-3-21-19-16(11-14-6-4-5-7-17(14)19)12-15-9-8-13(2)10-18(15)20/h4-10,16,19,21H,3,11-12H2,1-2H3. The van der Waals surface area contributed by atoms with Gasteiger partial charge in [-0.1, -0.05) is 54.9 Å². The highest BCUT2D eigenvalue weighted by Gasteiger charge is 2.31. The molecule has 0 amide bonds. The van der Waals surface area contributed by atoms with E-state index in [-0.39, 0.29) is 0 Å². The van der Waals surface area contributed by atoms with Crippen molar-refractivity contribution in [3.8, 4) is 0 Å². The summed E-state index contributed by atoms with van der Waals surface area (Å²) in [5.41, 5.74) is 5.44. The molecule has 0 saturated carbocycles. The molecule has 2 aromatic carbocycles. The third-order valence-electron chi connectivity index (χ3n) is 4.46. The van der Waals surface area contributed by atoms with Gasteiger partial charge in [-0.25, -0.2) is 0 Å². The van der Waals surface area contributed by atoms with E-state index in [1.807, 2.05) is 0 Å². The van der Waals surface area contributed by atoms with Crippen LogP contribution in [0.15, 0.2) is 42.5 Å². The van der Waals surface area contributed by atoms with Crippen LogP contribution in [0.2, 0.25) is 5.02 Å². The second-order valence-corrected chi connectivity index (χ2v) is 6.40. The Balaban J connectivity index is 1.85. The van der Waals surface area contributed by atoms with Gasteiger partial charge in [0.05, 0.1) is 0 Å². The highest BCUT2D eigenvalue weighted by Crippen LogP contribution is 2.38. The minimum Gasteiger partial charge on any atom is -0.310 e. The molecular formula is C19H22ClN. The van der Waals surface area contributed by atoms with Crippen LogP contribution < -0.4 is 5.32 Å². The molecule has 0 aromatic heterocycles. The first-order valence-corrected chi connectivity index (χ1v) is 8.13. The van der Waals surface area contributed by atoms with Crippen LogP contribution in [0.3, 0.4) is 0 Å². The Bertz CT molecular complexity index is 635. The summed E-state index contributed by atoms with van der Waals surface area (Å²) in [6.45, 7) is 5.26. The van der Waals surface area contributed by atoms with Gasteiger partial charge >= 0.3 is 0 Å². The van der Waals surface area contributed by atoms with Crippen LogP contribution in [-0.4, -0.2) is 6.54 Å². The maximum Gasteiger partial charge on any atom is 0.0440 e. The highest BCUT2D eigenvalue weighted by molar-refractivity contribution is 6.31. The molecule has 0 aliphatic heterocycles. The molecule has 0 fully saturated rings. The molecule has 0 radical (unpaired) electrons. The van der Waals surface area contributed by atoms with Gasteiger partial charge in [-0.2, -0.15) is 0 Å². The largest absolute Gasteiger partial charge is 0.310 e. The quantitative estimate of drug-likeness (QED) is 0.862. The lowest BCUT2D eigenvalue weighted by molar-refractivity contribution is 0.394. The molecular weight excluding hydrogens is 278 g/mol. The molecule has 2 aromatic rings. The van der Waals surface area contributed by atoms with E-state index in [1.54, 1.807) is 0 Å². The zero-order valence-electron chi connectivity index (χ0n) is 12.7. The van der Waals surface area contributed by atoms with Crippen molar-refractivity contribution in [2.45, 2.75) is 32.7 Å². The van der Waals surface area contributed by atoms with Crippen LogP contribution >= 0.6 is 11.6 Å². The zero-order valence-corrected chi connectivity index (χ0v) is 13.5. The summed E-state index contributed by atoms with van der Waals surface area (Å²) in [5.74, 6) is 0.586. The molecule has 0 heterocycles. The first-order valence-electron chi connectivity index (χ1n) is 7.75. The van der Waals surface area contributed by atoms with Gasteiger partial charge in [0, 0.05) is 11.1 Å². The van der Waals surface area contributed by atoms with Crippen LogP contribution in [0.5, 0.6) is 0 Å². The van der Waals surface area contributed by atoms with Crippen LogP contribution in [-0.2, 0) is 12.8 Å². The van der Waals surface area contributed by atoms with Crippen molar-refractivity contribution in [2.24, 2.45) is 5.92 Å². The fourth-order valence-electron chi connectivity index (χ4n) is 3.46. The summed E-state index contributed by atoms with van der Waals surface area (Å²) >= 11 is 6.42. The average Bonchev–Trinajstić information content (AvgIpc) is 2.81. The monoisotopic (exact) mass is 299 g/mol. The lowest BCUT2D eigenvalue weighted by atomic mass is 9.92. The molecule has 3 rings (SSSR count). The van der Waals surface area contributed by atoms with Crippen molar-refractivity contribution >= 4 is 11.6 Å². The number of nitrogens with one attached hydrogen (secondary N) is 1. The molecule has 2 atom stereocenters. The zero-order chi connectivity index (χ0) is 14.8. The first kappa shape index (κ1) is 14.6. The number of halogens is 1. The lowest BCUT2D eigenvalue weighted by Crippen LogP contribution is -2.26. The van der Waals surface area contributed by atoms with Gasteiger partial charge in [0.15, 0.2) is 0 Å². The minimum atomic E-state index is 0.448. The van der Waals surface area contributed by atoms with Gasteiger partial charge < -0.3 is 5.32 Å². The molecule has 0 spiro atoms. The first-order chi connectivity index (χ1) is 10.2. The molecule has 110 valence electrons. The molecule has 2 unspecified atom stereocenters.